The van der Waals surface area contributed by atoms with Crippen LogP contribution in [-0.4, -0.2) is 30.7 Å². The van der Waals surface area contributed by atoms with Crippen molar-refractivity contribution in [1.82, 2.24) is 9.97 Å². The summed E-state index contributed by atoms with van der Waals surface area (Å²) in [5.74, 6) is -1.71. The van der Waals surface area contributed by atoms with Crippen molar-refractivity contribution in [3.63, 3.8) is 0 Å². The van der Waals surface area contributed by atoms with Gasteiger partial charge in [0.05, 0.1) is 16.1 Å². The second-order valence-electron chi connectivity index (χ2n) is 7.88. The normalized spacial score (nSPS) is 16.5. The zero-order chi connectivity index (χ0) is 23.6. The minimum Gasteiger partial charge on any atom is -0.462 e. The van der Waals surface area contributed by atoms with Gasteiger partial charge in [0.2, 0.25) is 5.82 Å². The number of anilines is 1. The number of aromatic nitrogens is 2. The number of ether oxygens (including phenoxy) is 1. The number of rotatable bonds is 6. The molecule has 0 aliphatic heterocycles. The summed E-state index contributed by atoms with van der Waals surface area (Å²) in [6.07, 6.45) is -3.82. The van der Waals surface area contributed by atoms with Crippen molar-refractivity contribution in [2.24, 2.45) is 5.92 Å². The summed E-state index contributed by atoms with van der Waals surface area (Å²) in [5, 5.41) is -0.0448. The van der Waals surface area contributed by atoms with E-state index in [1.165, 1.54) is 18.2 Å². The van der Waals surface area contributed by atoms with Gasteiger partial charge < -0.3 is 4.74 Å². The molecule has 0 spiro atoms. The Morgan fingerprint density at radius 2 is 1.58 bits per heavy atom. The van der Waals surface area contributed by atoms with Crippen LogP contribution in [0, 0.1) is 5.92 Å². The van der Waals surface area contributed by atoms with E-state index in [1.807, 2.05) is 0 Å². The van der Waals surface area contributed by atoms with Gasteiger partial charge in [-0.1, -0.05) is 55.1 Å². The largest absolute Gasteiger partial charge is 0.462 e. The maximum atomic E-state index is 14.0. The van der Waals surface area contributed by atoms with Crippen molar-refractivity contribution >= 4 is 38.5 Å². The molecule has 1 fully saturated rings. The third-order valence-corrected chi connectivity index (χ3v) is 7.37. The number of nitrogens with zero attached hydrogens (tertiary/aromatic N) is 2. The summed E-state index contributed by atoms with van der Waals surface area (Å²) in [6, 6.07) is 12.1. The predicted molar refractivity (Wildman–Crippen MR) is 119 cm³/mol. The van der Waals surface area contributed by atoms with Crippen molar-refractivity contribution in [2.75, 3.05) is 4.72 Å². The zero-order valence-electron chi connectivity index (χ0n) is 17.3. The van der Waals surface area contributed by atoms with Gasteiger partial charge in [-0.2, -0.15) is 13.2 Å². The molecule has 1 aliphatic rings. The molecule has 33 heavy (non-hydrogen) atoms. The number of benzene rings is 2. The molecular weight excluding hydrogens is 479 g/mol. The van der Waals surface area contributed by atoms with Crippen LogP contribution in [0.2, 0.25) is 5.02 Å². The van der Waals surface area contributed by atoms with E-state index in [0.29, 0.717) is 31.2 Å². The fourth-order valence-corrected chi connectivity index (χ4v) is 5.49. The van der Waals surface area contributed by atoms with E-state index in [1.54, 1.807) is 30.3 Å². The number of fused-ring (bicyclic) bond motifs is 1. The molecule has 3 aromatic rings. The van der Waals surface area contributed by atoms with Crippen molar-refractivity contribution in [1.29, 1.82) is 0 Å². The minimum absolute atomic E-state index is 0.0448. The highest BCUT2D eigenvalue weighted by Crippen LogP contribution is 2.39. The van der Waals surface area contributed by atoms with Crippen molar-refractivity contribution in [3.05, 3.63) is 53.6 Å². The average molecular weight is 500 g/mol. The quantitative estimate of drug-likeness (QED) is 0.451. The number of para-hydroxylation sites is 2. The van der Waals surface area contributed by atoms with Gasteiger partial charge in [-0.05, 0) is 37.1 Å². The summed E-state index contributed by atoms with van der Waals surface area (Å²) >= 11 is 6.02. The molecule has 2 aromatic carbocycles. The molecule has 1 N–H and O–H groups in total. The van der Waals surface area contributed by atoms with Gasteiger partial charge in [0.25, 0.3) is 15.9 Å². The SMILES string of the molecule is O=S(=O)(Nc1nc2ccccc2nc1OC(C1CCCCC1)C(F)(F)F)c1ccccc1Cl. The average Bonchev–Trinajstić information content (AvgIpc) is 2.77. The Morgan fingerprint density at radius 1 is 0.970 bits per heavy atom. The van der Waals surface area contributed by atoms with Crippen LogP contribution >= 0.6 is 11.6 Å². The first-order chi connectivity index (χ1) is 15.6. The first-order valence-corrected chi connectivity index (χ1v) is 12.3. The number of halogens is 4. The fraction of sp³-hybridized carbons (Fsp3) is 0.364. The minimum atomic E-state index is -4.66. The van der Waals surface area contributed by atoms with Crippen LogP contribution in [0.4, 0.5) is 19.0 Å². The number of sulfonamides is 1. The van der Waals surface area contributed by atoms with Gasteiger partial charge in [0.1, 0.15) is 4.90 Å². The van der Waals surface area contributed by atoms with Crippen LogP contribution in [0.25, 0.3) is 11.0 Å². The summed E-state index contributed by atoms with van der Waals surface area (Å²) in [7, 11) is -4.28. The highest BCUT2D eigenvalue weighted by atomic mass is 35.5. The first kappa shape index (κ1) is 23.6. The Balaban J connectivity index is 1.77. The number of alkyl halides is 3. The van der Waals surface area contributed by atoms with E-state index >= 15 is 0 Å². The monoisotopic (exact) mass is 499 g/mol. The van der Waals surface area contributed by atoms with Crippen molar-refractivity contribution in [2.45, 2.75) is 49.3 Å². The Morgan fingerprint density at radius 3 is 2.21 bits per heavy atom. The van der Waals surface area contributed by atoms with Crippen molar-refractivity contribution in [3.8, 4) is 5.88 Å². The lowest BCUT2D eigenvalue weighted by Crippen LogP contribution is -2.42. The van der Waals surface area contributed by atoms with Gasteiger partial charge in [-0.15, -0.1) is 0 Å². The van der Waals surface area contributed by atoms with Crippen molar-refractivity contribution < 1.29 is 26.3 Å². The molecule has 1 atom stereocenters. The van der Waals surface area contributed by atoms with Gasteiger partial charge in [0.15, 0.2) is 6.10 Å². The van der Waals surface area contributed by atoms with Gasteiger partial charge in [-0.25, -0.2) is 18.4 Å². The topological polar surface area (TPSA) is 81.2 Å². The molecule has 1 heterocycles. The summed E-state index contributed by atoms with van der Waals surface area (Å²) in [5.41, 5.74) is 0.570. The molecule has 1 aromatic heterocycles. The number of nitrogens with one attached hydrogen (secondary N) is 1. The van der Waals surface area contributed by atoms with E-state index in [9.17, 15) is 21.6 Å². The molecular formula is C22H21ClF3N3O3S. The molecule has 1 unspecified atom stereocenters. The van der Waals surface area contributed by atoms with Crippen LogP contribution in [-0.2, 0) is 10.0 Å². The molecule has 4 rings (SSSR count). The molecule has 0 amide bonds. The van der Waals surface area contributed by atoms with Crippen LogP contribution in [0.1, 0.15) is 32.1 Å². The number of hydrogen-bond acceptors (Lipinski definition) is 5. The van der Waals surface area contributed by atoms with E-state index in [4.69, 9.17) is 16.3 Å². The summed E-state index contributed by atoms with van der Waals surface area (Å²) < 4.78 is 75.4. The zero-order valence-corrected chi connectivity index (χ0v) is 18.9. The highest BCUT2D eigenvalue weighted by Gasteiger charge is 2.47. The van der Waals surface area contributed by atoms with E-state index < -0.39 is 39.9 Å². The molecule has 0 saturated heterocycles. The lowest BCUT2D eigenvalue weighted by atomic mass is 9.85. The highest BCUT2D eigenvalue weighted by molar-refractivity contribution is 7.92. The van der Waals surface area contributed by atoms with Gasteiger partial charge in [-0.3, -0.25) is 4.72 Å². The second-order valence-corrected chi connectivity index (χ2v) is 9.94. The van der Waals surface area contributed by atoms with Gasteiger partial charge in [0, 0.05) is 5.92 Å². The Kier molecular flexibility index (Phi) is 6.67. The van der Waals surface area contributed by atoms with Crippen LogP contribution in [0.3, 0.4) is 0 Å². The van der Waals surface area contributed by atoms with E-state index in [0.717, 1.165) is 6.42 Å². The third-order valence-electron chi connectivity index (χ3n) is 5.53. The maximum Gasteiger partial charge on any atom is 0.425 e. The molecule has 6 nitrogen and oxygen atoms in total. The Labute approximate surface area is 194 Å². The molecule has 11 heteroatoms. The van der Waals surface area contributed by atoms with Crippen LogP contribution in [0.5, 0.6) is 5.88 Å². The molecule has 0 bridgehead atoms. The molecule has 1 aliphatic carbocycles. The van der Waals surface area contributed by atoms with Crippen LogP contribution in [0.15, 0.2) is 53.4 Å². The fourth-order valence-electron chi connectivity index (χ4n) is 3.96. The van der Waals surface area contributed by atoms with E-state index in [-0.39, 0.29) is 15.4 Å². The Hall–Kier alpha value is -2.59. The predicted octanol–water partition coefficient (Wildman–Crippen LogP) is 5.97. The smallest absolute Gasteiger partial charge is 0.425 e. The maximum absolute atomic E-state index is 14.0. The standard InChI is InChI=1S/C22H21ClF3N3O3S/c23-15-10-4-7-13-18(15)33(30,31)29-20-21(28-17-12-6-5-11-16(17)27-20)32-19(22(24,25)26)14-8-2-1-3-9-14/h4-7,10-14,19H,1-3,8-9H2,(H,27,29). The molecule has 176 valence electrons. The first-order valence-electron chi connectivity index (χ1n) is 10.4. The molecule has 0 radical (unpaired) electrons. The van der Waals surface area contributed by atoms with E-state index in [2.05, 4.69) is 14.7 Å². The second kappa shape index (κ2) is 9.34. The third kappa shape index (κ3) is 5.33. The lowest BCUT2D eigenvalue weighted by Gasteiger charge is -2.31. The van der Waals surface area contributed by atoms with Crippen LogP contribution < -0.4 is 9.46 Å². The number of hydrogen-bond donors (Lipinski definition) is 1. The summed E-state index contributed by atoms with van der Waals surface area (Å²) in [4.78, 5) is 8.14. The lowest BCUT2D eigenvalue weighted by molar-refractivity contribution is -0.213. The summed E-state index contributed by atoms with van der Waals surface area (Å²) in [6.45, 7) is 0. The molecule has 1 saturated carbocycles. The Bertz CT molecular complexity index is 1250. The van der Waals surface area contributed by atoms with Gasteiger partial charge >= 0.3 is 6.18 Å².